The van der Waals surface area contributed by atoms with Crippen molar-refractivity contribution in [1.29, 1.82) is 0 Å². The highest BCUT2D eigenvalue weighted by atomic mass is 32.2. The zero-order valence-electron chi connectivity index (χ0n) is 14.4. The Morgan fingerprint density at radius 1 is 1.15 bits per heavy atom. The maximum atomic E-state index is 12.6. The van der Waals surface area contributed by atoms with Crippen molar-refractivity contribution >= 4 is 23.9 Å². The largest absolute Gasteiger partial charge is 0.416 e. The van der Waals surface area contributed by atoms with Crippen LogP contribution in [0.3, 0.4) is 0 Å². The maximum absolute atomic E-state index is 12.6. The third-order valence-corrected chi connectivity index (χ3v) is 4.40. The van der Waals surface area contributed by atoms with Crippen LogP contribution in [0.15, 0.2) is 47.6 Å². The Balaban J connectivity index is 1.80. The lowest BCUT2D eigenvalue weighted by Gasteiger charge is -2.06. The van der Waals surface area contributed by atoms with Gasteiger partial charge in [-0.15, -0.1) is 11.8 Å². The highest BCUT2D eigenvalue weighted by Gasteiger charge is 2.30. The Morgan fingerprint density at radius 2 is 1.85 bits per heavy atom. The minimum atomic E-state index is -4.40. The molecular weight excluding hydrogens is 361 g/mol. The average Bonchev–Trinajstić information content (AvgIpc) is 2.53. The van der Waals surface area contributed by atoms with E-state index < -0.39 is 11.7 Å². The second kappa shape index (κ2) is 8.89. The van der Waals surface area contributed by atoms with Crippen LogP contribution in [-0.4, -0.2) is 17.9 Å². The summed E-state index contributed by atoms with van der Waals surface area (Å²) in [4.78, 5) is 11.8. The van der Waals surface area contributed by atoms with Crippen molar-refractivity contribution in [2.24, 2.45) is 5.10 Å². The van der Waals surface area contributed by atoms with Gasteiger partial charge in [-0.3, -0.25) is 4.79 Å². The van der Waals surface area contributed by atoms with Crippen molar-refractivity contribution in [3.05, 3.63) is 70.3 Å². The van der Waals surface area contributed by atoms with Crippen LogP contribution in [0, 0.1) is 13.8 Å². The van der Waals surface area contributed by atoms with Crippen LogP contribution in [0.2, 0.25) is 0 Å². The van der Waals surface area contributed by atoms with E-state index in [2.05, 4.69) is 28.7 Å². The van der Waals surface area contributed by atoms with Crippen molar-refractivity contribution in [3.8, 4) is 0 Å². The molecule has 2 aromatic rings. The zero-order valence-corrected chi connectivity index (χ0v) is 15.2. The summed E-state index contributed by atoms with van der Waals surface area (Å²) in [5.74, 6) is 0.614. The molecule has 0 radical (unpaired) electrons. The zero-order chi connectivity index (χ0) is 19.2. The highest BCUT2D eigenvalue weighted by molar-refractivity contribution is 7.99. The topological polar surface area (TPSA) is 41.5 Å². The van der Waals surface area contributed by atoms with Gasteiger partial charge in [-0.1, -0.05) is 41.5 Å². The van der Waals surface area contributed by atoms with Crippen molar-refractivity contribution in [1.82, 2.24) is 5.43 Å². The molecule has 0 unspecified atom stereocenters. The van der Waals surface area contributed by atoms with E-state index in [0.717, 1.165) is 17.7 Å². The molecule has 3 nitrogen and oxygen atoms in total. The van der Waals surface area contributed by atoms with E-state index in [9.17, 15) is 18.0 Å². The van der Waals surface area contributed by atoms with E-state index in [1.54, 1.807) is 0 Å². The summed E-state index contributed by atoms with van der Waals surface area (Å²) in [6.07, 6.45) is -3.21. The second-order valence-corrected chi connectivity index (χ2v) is 6.89. The molecule has 0 aliphatic carbocycles. The van der Waals surface area contributed by atoms with Crippen LogP contribution in [0.5, 0.6) is 0 Å². The number of hydrazone groups is 1. The maximum Gasteiger partial charge on any atom is 0.416 e. The van der Waals surface area contributed by atoms with Crippen LogP contribution in [-0.2, 0) is 16.7 Å². The summed E-state index contributed by atoms with van der Waals surface area (Å²) in [5.41, 5.74) is 5.34. The average molecular weight is 380 g/mol. The summed E-state index contributed by atoms with van der Waals surface area (Å²) in [7, 11) is 0. The number of hydrogen-bond donors (Lipinski definition) is 1. The SMILES string of the molecule is Cc1cc(C)cc(CSCC(=O)N/N=C\c2cccc(C(F)(F)F)c2)c1. The van der Waals surface area contributed by atoms with Gasteiger partial charge in [0.25, 0.3) is 0 Å². The molecule has 0 spiro atoms. The molecular formula is C19H19F3N2OS. The Bertz CT molecular complexity index is 783. The van der Waals surface area contributed by atoms with Crippen LogP contribution in [0.1, 0.15) is 27.8 Å². The Morgan fingerprint density at radius 3 is 2.50 bits per heavy atom. The number of hydrogen-bond acceptors (Lipinski definition) is 3. The Kier molecular flexibility index (Phi) is 6.85. The first-order chi connectivity index (χ1) is 12.2. The number of alkyl halides is 3. The number of nitrogens with one attached hydrogen (secondary N) is 1. The smallest absolute Gasteiger partial charge is 0.272 e. The van der Waals surface area contributed by atoms with E-state index in [0.29, 0.717) is 5.75 Å². The first-order valence-corrected chi connectivity index (χ1v) is 9.03. The number of aryl methyl sites for hydroxylation is 2. The van der Waals surface area contributed by atoms with Crippen LogP contribution in [0.4, 0.5) is 13.2 Å². The summed E-state index contributed by atoms with van der Waals surface area (Å²) >= 11 is 1.45. The fourth-order valence-corrected chi connectivity index (χ4v) is 3.17. The van der Waals surface area contributed by atoms with Crippen molar-refractivity contribution in [2.45, 2.75) is 25.8 Å². The first kappa shape index (κ1) is 20.0. The monoisotopic (exact) mass is 380 g/mol. The number of rotatable bonds is 6. The number of nitrogens with zero attached hydrogens (tertiary/aromatic N) is 1. The van der Waals surface area contributed by atoms with Crippen LogP contribution in [0.25, 0.3) is 0 Å². The van der Waals surface area contributed by atoms with Crippen LogP contribution >= 0.6 is 11.8 Å². The predicted molar refractivity (Wildman–Crippen MR) is 99.3 cm³/mol. The van der Waals surface area contributed by atoms with Gasteiger partial charge in [-0.25, -0.2) is 5.43 Å². The number of carbonyl (C=O) groups is 1. The molecule has 0 aromatic heterocycles. The highest BCUT2D eigenvalue weighted by Crippen LogP contribution is 2.29. The van der Waals surface area contributed by atoms with Gasteiger partial charge in [0, 0.05) is 5.75 Å². The van der Waals surface area contributed by atoms with Crippen molar-refractivity contribution in [3.63, 3.8) is 0 Å². The molecule has 0 aliphatic rings. The molecule has 0 atom stereocenters. The number of thioether (sulfide) groups is 1. The van der Waals surface area contributed by atoms with Gasteiger partial charge in [0.05, 0.1) is 17.5 Å². The summed E-state index contributed by atoms with van der Waals surface area (Å²) < 4.78 is 37.9. The molecule has 1 amide bonds. The fourth-order valence-electron chi connectivity index (χ4n) is 2.42. The number of benzene rings is 2. The molecule has 0 saturated carbocycles. The molecule has 26 heavy (non-hydrogen) atoms. The van der Waals surface area contributed by atoms with Gasteiger partial charge in [0.1, 0.15) is 0 Å². The third-order valence-electron chi connectivity index (χ3n) is 3.40. The standard InChI is InChI=1S/C19H19F3N2OS/c1-13-6-14(2)8-16(7-13)11-26-12-18(25)24-23-10-15-4-3-5-17(9-15)19(20,21)22/h3-10H,11-12H2,1-2H3,(H,24,25)/b23-10-. The Labute approximate surface area is 154 Å². The molecule has 0 bridgehead atoms. The van der Waals surface area contributed by atoms with Gasteiger partial charge in [-0.2, -0.15) is 18.3 Å². The molecule has 7 heteroatoms. The molecule has 2 aromatic carbocycles. The summed E-state index contributed by atoms with van der Waals surface area (Å²) in [6, 6.07) is 11.0. The normalized spacial score (nSPS) is 11.7. The van der Waals surface area contributed by atoms with Gasteiger partial charge in [0.2, 0.25) is 5.91 Å². The molecule has 0 fully saturated rings. The van der Waals surface area contributed by atoms with Crippen molar-refractivity contribution < 1.29 is 18.0 Å². The molecule has 0 heterocycles. The van der Waals surface area contributed by atoms with E-state index in [-0.39, 0.29) is 17.2 Å². The van der Waals surface area contributed by atoms with Gasteiger partial charge in [0.15, 0.2) is 0 Å². The number of halogens is 3. The first-order valence-electron chi connectivity index (χ1n) is 7.88. The lowest BCUT2D eigenvalue weighted by molar-refractivity contribution is -0.137. The van der Waals surface area contributed by atoms with Gasteiger partial charge < -0.3 is 0 Å². The van der Waals surface area contributed by atoms with E-state index in [1.165, 1.54) is 41.2 Å². The van der Waals surface area contributed by atoms with E-state index >= 15 is 0 Å². The number of carbonyl (C=O) groups excluding carboxylic acids is 1. The fraction of sp³-hybridized carbons (Fsp3) is 0.263. The molecule has 0 aliphatic heterocycles. The molecule has 2 rings (SSSR count). The predicted octanol–water partition coefficient (Wildman–Crippen LogP) is 4.71. The molecule has 0 saturated heterocycles. The lowest BCUT2D eigenvalue weighted by atomic mass is 10.1. The Hall–Kier alpha value is -2.28. The molecule has 1 N–H and O–H groups in total. The second-order valence-electron chi connectivity index (χ2n) is 5.91. The third kappa shape index (κ3) is 6.55. The minimum Gasteiger partial charge on any atom is -0.272 e. The summed E-state index contributed by atoms with van der Waals surface area (Å²) in [5, 5.41) is 3.71. The van der Waals surface area contributed by atoms with E-state index in [4.69, 9.17) is 0 Å². The quantitative estimate of drug-likeness (QED) is 0.583. The number of amides is 1. The van der Waals surface area contributed by atoms with Crippen molar-refractivity contribution in [2.75, 3.05) is 5.75 Å². The molecule has 138 valence electrons. The minimum absolute atomic E-state index is 0.215. The summed E-state index contributed by atoms with van der Waals surface area (Å²) in [6.45, 7) is 4.05. The lowest BCUT2D eigenvalue weighted by Crippen LogP contribution is -2.19. The van der Waals surface area contributed by atoms with Crippen LogP contribution < -0.4 is 5.43 Å². The van der Waals surface area contributed by atoms with Gasteiger partial charge in [-0.05, 0) is 37.1 Å². The van der Waals surface area contributed by atoms with Gasteiger partial charge >= 0.3 is 6.18 Å². The van der Waals surface area contributed by atoms with E-state index in [1.807, 2.05) is 13.8 Å².